The van der Waals surface area contributed by atoms with Gasteiger partial charge in [-0.25, -0.2) is 4.79 Å². The number of cyclic esters (lactones) is 1. The second-order valence-electron chi connectivity index (χ2n) is 10.2. The maximum atomic E-state index is 12.5. The number of hydrogen-bond donors (Lipinski definition) is 1. The zero-order chi connectivity index (χ0) is 25.9. The summed E-state index contributed by atoms with van der Waals surface area (Å²) in [4.78, 5) is 25.0. The molecule has 0 aromatic rings. The molecular formula is C30H40O6. The van der Waals surface area contributed by atoms with E-state index in [9.17, 15) is 14.7 Å². The highest BCUT2D eigenvalue weighted by Crippen LogP contribution is 2.25. The Morgan fingerprint density at radius 3 is 2.72 bits per heavy atom. The molecule has 3 rings (SSSR count). The third kappa shape index (κ3) is 9.84. The molecule has 0 saturated heterocycles. The van der Waals surface area contributed by atoms with E-state index in [1.807, 2.05) is 19.1 Å². The number of aliphatic hydroxyl groups is 1. The number of aliphatic hydroxyl groups excluding tert-OH is 1. The van der Waals surface area contributed by atoms with Crippen molar-refractivity contribution in [1.29, 1.82) is 0 Å². The van der Waals surface area contributed by atoms with Gasteiger partial charge in [0.05, 0.1) is 24.9 Å². The van der Waals surface area contributed by atoms with E-state index in [1.165, 1.54) is 17.7 Å². The van der Waals surface area contributed by atoms with Gasteiger partial charge in [0.1, 0.15) is 12.2 Å². The first-order valence-corrected chi connectivity index (χ1v) is 13.0. The van der Waals surface area contributed by atoms with E-state index >= 15 is 0 Å². The first-order chi connectivity index (χ1) is 17.3. The molecular weight excluding hydrogens is 456 g/mol. The Morgan fingerprint density at radius 2 is 1.92 bits per heavy atom. The third-order valence-corrected chi connectivity index (χ3v) is 6.57. The second-order valence-corrected chi connectivity index (χ2v) is 10.2. The van der Waals surface area contributed by atoms with Gasteiger partial charge in [-0.2, -0.15) is 0 Å². The molecule has 0 aromatic carbocycles. The van der Waals surface area contributed by atoms with Crippen LogP contribution in [-0.4, -0.2) is 54.0 Å². The van der Waals surface area contributed by atoms with Gasteiger partial charge >= 0.3 is 5.97 Å². The van der Waals surface area contributed by atoms with E-state index < -0.39 is 18.2 Å². The highest BCUT2D eigenvalue weighted by Gasteiger charge is 2.23. The number of fused-ring (bicyclic) bond motifs is 2. The van der Waals surface area contributed by atoms with Crippen molar-refractivity contribution < 1.29 is 28.9 Å². The van der Waals surface area contributed by atoms with E-state index in [4.69, 9.17) is 14.2 Å². The van der Waals surface area contributed by atoms with Crippen LogP contribution in [0.15, 0.2) is 72.4 Å². The summed E-state index contributed by atoms with van der Waals surface area (Å²) in [6.45, 7) is 8.84. The van der Waals surface area contributed by atoms with Gasteiger partial charge in [0.15, 0.2) is 5.78 Å². The van der Waals surface area contributed by atoms with Gasteiger partial charge in [0.2, 0.25) is 0 Å². The first kappa shape index (κ1) is 28.0. The Hall–Kier alpha value is -2.54. The fraction of sp³-hybridized carbons (Fsp3) is 0.533. The Morgan fingerprint density at radius 1 is 1.11 bits per heavy atom. The summed E-state index contributed by atoms with van der Waals surface area (Å²) in [6.07, 6.45) is 18.2. The van der Waals surface area contributed by atoms with Crippen LogP contribution in [-0.2, 0) is 23.8 Å². The van der Waals surface area contributed by atoms with Crippen LogP contribution >= 0.6 is 0 Å². The van der Waals surface area contributed by atoms with Crippen molar-refractivity contribution >= 4 is 11.8 Å². The number of ether oxygens (including phenoxy) is 3. The van der Waals surface area contributed by atoms with Crippen LogP contribution in [0.1, 0.15) is 58.8 Å². The van der Waals surface area contributed by atoms with Crippen LogP contribution in [0.4, 0.5) is 0 Å². The summed E-state index contributed by atoms with van der Waals surface area (Å²) in [7, 11) is 0. The number of rotatable bonds is 3. The van der Waals surface area contributed by atoms with E-state index in [0.717, 1.165) is 31.3 Å². The molecule has 0 fully saturated rings. The molecule has 3 aliphatic rings. The van der Waals surface area contributed by atoms with E-state index in [2.05, 4.69) is 19.6 Å². The van der Waals surface area contributed by atoms with Crippen LogP contribution in [0.5, 0.6) is 0 Å². The second kappa shape index (κ2) is 14.3. The first-order valence-electron chi connectivity index (χ1n) is 13.0. The Labute approximate surface area is 215 Å². The van der Waals surface area contributed by atoms with Gasteiger partial charge in [-0.3, -0.25) is 4.79 Å². The topological polar surface area (TPSA) is 82.1 Å². The monoisotopic (exact) mass is 496 g/mol. The molecule has 0 radical (unpaired) electrons. The lowest BCUT2D eigenvalue weighted by Crippen LogP contribution is -2.30. The summed E-state index contributed by atoms with van der Waals surface area (Å²) in [6, 6.07) is 0. The minimum Gasteiger partial charge on any atom is -0.456 e. The minimum absolute atomic E-state index is 0.0573. The zero-order valence-electron chi connectivity index (χ0n) is 21.5. The number of carbonyl (C=O) groups excluding carboxylic acids is 2. The van der Waals surface area contributed by atoms with Crippen LogP contribution < -0.4 is 0 Å². The molecule has 6 heteroatoms. The molecule has 6 unspecified atom stereocenters. The van der Waals surface area contributed by atoms with Crippen molar-refractivity contribution in [3.63, 3.8) is 0 Å². The summed E-state index contributed by atoms with van der Waals surface area (Å²) in [5, 5.41) is 10.8. The average Bonchev–Trinajstić information content (AvgIpc) is 2.81. The predicted octanol–water partition coefficient (Wildman–Crippen LogP) is 5.10. The van der Waals surface area contributed by atoms with Gasteiger partial charge in [0, 0.05) is 18.9 Å². The summed E-state index contributed by atoms with van der Waals surface area (Å²) >= 11 is 0. The van der Waals surface area contributed by atoms with Gasteiger partial charge in [-0.1, -0.05) is 67.2 Å². The fourth-order valence-electron chi connectivity index (χ4n) is 4.76. The molecule has 3 heterocycles. The van der Waals surface area contributed by atoms with Crippen LogP contribution in [0.25, 0.3) is 0 Å². The maximum Gasteiger partial charge on any atom is 0.330 e. The standard InChI is InChI=1S/C30H40O6/c1-21-15-16-34-26(19-21)13-14-28(32)29-11-4-7-24(31)18-22(2)17-23(3)20-27-10-5-8-25(35-27)9-6-12-30(33)36-29/h4-8,12-15,23,25-29,32H,2,9-11,16-20H2,1,3H3/b7-4+,12-6+,14-13?. The molecule has 0 aliphatic carbocycles. The van der Waals surface area contributed by atoms with Crippen LogP contribution in [0.3, 0.4) is 0 Å². The lowest BCUT2D eigenvalue weighted by molar-refractivity contribution is -0.147. The number of carbonyl (C=O) groups is 2. The SMILES string of the molecule is C=C1CC(=O)/C=C/CC(C(O)C=CC2CC(C)=CCO2)OC(=O)/C=C/CC2C=CCC(CC(C)C1)O2. The molecule has 196 valence electrons. The summed E-state index contributed by atoms with van der Waals surface area (Å²) in [5.41, 5.74) is 2.13. The maximum absolute atomic E-state index is 12.5. The fourth-order valence-corrected chi connectivity index (χ4v) is 4.76. The molecule has 0 saturated carbocycles. The van der Waals surface area contributed by atoms with Crippen LogP contribution in [0, 0.1) is 5.92 Å². The number of hydrogen-bond acceptors (Lipinski definition) is 6. The average molecular weight is 497 g/mol. The lowest BCUT2D eigenvalue weighted by Gasteiger charge is -2.28. The largest absolute Gasteiger partial charge is 0.456 e. The number of ketones is 1. The highest BCUT2D eigenvalue weighted by atomic mass is 16.6. The highest BCUT2D eigenvalue weighted by molar-refractivity contribution is 5.91. The summed E-state index contributed by atoms with van der Waals surface area (Å²) < 4.78 is 17.4. The van der Waals surface area contributed by atoms with Gasteiger partial charge < -0.3 is 19.3 Å². The normalized spacial score (nSPS) is 33.8. The number of allylic oxidation sites excluding steroid dienone is 2. The van der Waals surface area contributed by atoms with E-state index in [-0.39, 0.29) is 36.9 Å². The lowest BCUT2D eigenvalue weighted by atomic mass is 9.92. The quantitative estimate of drug-likeness (QED) is 0.432. The van der Waals surface area contributed by atoms with E-state index in [1.54, 1.807) is 24.3 Å². The molecule has 0 aromatic heterocycles. The predicted molar refractivity (Wildman–Crippen MR) is 140 cm³/mol. The Bertz CT molecular complexity index is 924. The molecule has 0 amide bonds. The van der Waals surface area contributed by atoms with Crippen molar-refractivity contribution in [3.05, 3.63) is 72.4 Å². The Balaban J connectivity index is 1.70. The van der Waals surface area contributed by atoms with Crippen molar-refractivity contribution in [2.75, 3.05) is 6.61 Å². The molecule has 36 heavy (non-hydrogen) atoms. The van der Waals surface area contributed by atoms with Gasteiger partial charge in [-0.15, -0.1) is 0 Å². The molecule has 6 nitrogen and oxygen atoms in total. The molecule has 2 bridgehead atoms. The molecule has 0 spiro atoms. The van der Waals surface area contributed by atoms with Crippen molar-refractivity contribution in [2.45, 2.75) is 89.3 Å². The summed E-state index contributed by atoms with van der Waals surface area (Å²) in [5.74, 6) is -0.244. The Kier molecular flexibility index (Phi) is 11.1. The van der Waals surface area contributed by atoms with Gasteiger partial charge in [0.25, 0.3) is 0 Å². The van der Waals surface area contributed by atoms with E-state index in [0.29, 0.717) is 18.9 Å². The van der Waals surface area contributed by atoms with Crippen molar-refractivity contribution in [2.24, 2.45) is 5.92 Å². The molecule has 1 N–H and O–H groups in total. The van der Waals surface area contributed by atoms with Crippen LogP contribution in [0.2, 0.25) is 0 Å². The zero-order valence-corrected chi connectivity index (χ0v) is 21.5. The van der Waals surface area contributed by atoms with Crippen molar-refractivity contribution in [3.8, 4) is 0 Å². The smallest absolute Gasteiger partial charge is 0.330 e. The van der Waals surface area contributed by atoms with Gasteiger partial charge in [-0.05, 0) is 51.0 Å². The third-order valence-electron chi connectivity index (χ3n) is 6.57. The molecule has 6 atom stereocenters. The molecule has 3 aliphatic heterocycles. The minimum atomic E-state index is -1.04. The van der Waals surface area contributed by atoms with Crippen molar-refractivity contribution in [1.82, 2.24) is 0 Å². The number of esters is 1.